The lowest BCUT2D eigenvalue weighted by atomic mass is 10.4. The molecular formula is C8H15FN2O2S. The SMILES string of the molecule is O=S(=O)(C1CCNC1)N1CCC(F)C1. The molecule has 14 heavy (non-hydrogen) atoms. The second-order valence-electron chi connectivity index (χ2n) is 3.90. The molecule has 0 radical (unpaired) electrons. The van der Waals surface area contributed by atoms with Crippen LogP contribution in [0.15, 0.2) is 0 Å². The molecule has 0 aromatic rings. The first-order valence-electron chi connectivity index (χ1n) is 4.94. The Labute approximate surface area is 83.5 Å². The van der Waals surface area contributed by atoms with Gasteiger partial charge in [0.1, 0.15) is 6.17 Å². The van der Waals surface area contributed by atoms with Gasteiger partial charge in [-0.25, -0.2) is 12.8 Å². The second-order valence-corrected chi connectivity index (χ2v) is 6.12. The maximum atomic E-state index is 12.9. The molecule has 2 heterocycles. The van der Waals surface area contributed by atoms with Crippen LogP contribution >= 0.6 is 0 Å². The third-order valence-electron chi connectivity index (χ3n) is 2.89. The Morgan fingerprint density at radius 2 is 2.14 bits per heavy atom. The molecule has 2 unspecified atom stereocenters. The van der Waals surface area contributed by atoms with Crippen LogP contribution in [0.25, 0.3) is 0 Å². The van der Waals surface area contributed by atoms with Gasteiger partial charge in [-0.3, -0.25) is 0 Å². The summed E-state index contributed by atoms with van der Waals surface area (Å²) in [6.07, 6.45) is 0.0222. The van der Waals surface area contributed by atoms with Gasteiger partial charge in [0.25, 0.3) is 0 Å². The summed E-state index contributed by atoms with van der Waals surface area (Å²) in [6.45, 7) is 1.66. The van der Waals surface area contributed by atoms with Gasteiger partial charge in [-0.1, -0.05) is 0 Å². The average molecular weight is 222 g/mol. The number of alkyl halides is 1. The Kier molecular flexibility index (Phi) is 2.77. The van der Waals surface area contributed by atoms with Gasteiger partial charge in [0.05, 0.1) is 5.25 Å². The van der Waals surface area contributed by atoms with E-state index in [9.17, 15) is 12.8 Å². The first-order valence-corrected chi connectivity index (χ1v) is 6.45. The number of rotatable bonds is 2. The molecule has 82 valence electrons. The maximum Gasteiger partial charge on any atom is 0.218 e. The zero-order valence-electron chi connectivity index (χ0n) is 7.95. The summed E-state index contributed by atoms with van der Waals surface area (Å²) < 4.78 is 38.0. The van der Waals surface area contributed by atoms with Crippen LogP contribution < -0.4 is 5.32 Å². The minimum Gasteiger partial charge on any atom is -0.315 e. The minimum atomic E-state index is -3.24. The third kappa shape index (κ3) is 1.78. The minimum absolute atomic E-state index is 0.0544. The molecule has 2 saturated heterocycles. The van der Waals surface area contributed by atoms with E-state index in [1.165, 1.54) is 4.31 Å². The largest absolute Gasteiger partial charge is 0.315 e. The molecule has 0 aromatic heterocycles. The molecule has 2 atom stereocenters. The number of hydrogen-bond acceptors (Lipinski definition) is 3. The molecule has 2 rings (SSSR count). The van der Waals surface area contributed by atoms with Crippen molar-refractivity contribution in [1.82, 2.24) is 9.62 Å². The lowest BCUT2D eigenvalue weighted by molar-refractivity contribution is 0.342. The number of hydrogen-bond donors (Lipinski definition) is 1. The quantitative estimate of drug-likeness (QED) is 0.699. The van der Waals surface area contributed by atoms with E-state index < -0.39 is 16.2 Å². The number of nitrogens with one attached hydrogen (secondary N) is 1. The second kappa shape index (κ2) is 3.75. The predicted molar refractivity (Wildman–Crippen MR) is 51.3 cm³/mol. The summed E-state index contributed by atoms with van der Waals surface area (Å²) in [4.78, 5) is 0. The Morgan fingerprint density at radius 3 is 2.64 bits per heavy atom. The zero-order chi connectivity index (χ0) is 10.2. The van der Waals surface area contributed by atoms with Gasteiger partial charge in [-0.2, -0.15) is 4.31 Å². The van der Waals surface area contributed by atoms with Gasteiger partial charge in [0, 0.05) is 19.6 Å². The average Bonchev–Trinajstić information content (AvgIpc) is 2.72. The Hall–Kier alpha value is -0.200. The summed E-state index contributed by atoms with van der Waals surface area (Å²) >= 11 is 0. The number of nitrogens with zero attached hydrogens (tertiary/aromatic N) is 1. The predicted octanol–water partition coefficient (Wildman–Crippen LogP) is -0.278. The molecule has 0 amide bonds. The van der Waals surface area contributed by atoms with Gasteiger partial charge in [-0.05, 0) is 19.4 Å². The molecule has 2 aliphatic rings. The van der Waals surface area contributed by atoms with E-state index in [-0.39, 0.29) is 11.8 Å². The molecule has 6 heteroatoms. The van der Waals surface area contributed by atoms with Crippen molar-refractivity contribution in [2.45, 2.75) is 24.3 Å². The van der Waals surface area contributed by atoms with Gasteiger partial charge in [0.2, 0.25) is 10.0 Å². The van der Waals surface area contributed by atoms with Gasteiger partial charge in [0.15, 0.2) is 0 Å². The lowest BCUT2D eigenvalue weighted by Gasteiger charge is -2.19. The standard InChI is InChI=1S/C8H15FN2O2S/c9-7-2-4-11(6-7)14(12,13)8-1-3-10-5-8/h7-8,10H,1-6H2. The molecule has 0 aromatic carbocycles. The summed E-state index contributed by atoms with van der Waals surface area (Å²) in [7, 11) is -3.24. The lowest BCUT2D eigenvalue weighted by Crippen LogP contribution is -2.38. The molecule has 0 saturated carbocycles. The fraction of sp³-hybridized carbons (Fsp3) is 1.00. The van der Waals surface area contributed by atoms with Crippen LogP contribution in [-0.4, -0.2) is 50.3 Å². The first kappa shape index (κ1) is 10.3. The van der Waals surface area contributed by atoms with Gasteiger partial charge >= 0.3 is 0 Å². The molecule has 0 aliphatic carbocycles. The molecule has 1 N–H and O–H groups in total. The summed E-state index contributed by atoms with van der Waals surface area (Å²) in [6, 6.07) is 0. The van der Waals surface area contributed by atoms with Crippen LogP contribution in [0.2, 0.25) is 0 Å². The zero-order valence-corrected chi connectivity index (χ0v) is 8.76. The summed E-state index contributed by atoms with van der Waals surface area (Å²) in [5, 5.41) is 2.67. The molecule has 4 nitrogen and oxygen atoms in total. The molecule has 0 bridgehead atoms. The fourth-order valence-electron chi connectivity index (χ4n) is 2.01. The van der Waals surface area contributed by atoms with E-state index in [1.807, 2.05) is 0 Å². The summed E-state index contributed by atoms with van der Waals surface area (Å²) in [5.41, 5.74) is 0. The maximum absolute atomic E-state index is 12.9. The van der Waals surface area contributed by atoms with E-state index in [2.05, 4.69) is 5.32 Å². The van der Waals surface area contributed by atoms with Crippen molar-refractivity contribution in [2.75, 3.05) is 26.2 Å². The van der Waals surface area contributed by atoms with Crippen molar-refractivity contribution in [2.24, 2.45) is 0 Å². The van der Waals surface area contributed by atoms with Crippen LogP contribution in [0, 0.1) is 0 Å². The Morgan fingerprint density at radius 1 is 1.36 bits per heavy atom. The smallest absolute Gasteiger partial charge is 0.218 e. The van der Waals surface area contributed by atoms with Gasteiger partial charge < -0.3 is 5.32 Å². The van der Waals surface area contributed by atoms with Crippen molar-refractivity contribution in [3.63, 3.8) is 0 Å². The first-order chi connectivity index (χ1) is 6.60. The molecule has 0 spiro atoms. The normalized spacial score (nSPS) is 35.2. The van der Waals surface area contributed by atoms with Crippen molar-refractivity contribution in [3.05, 3.63) is 0 Å². The number of sulfonamides is 1. The van der Waals surface area contributed by atoms with Crippen LogP contribution in [0.4, 0.5) is 4.39 Å². The van der Waals surface area contributed by atoms with Crippen LogP contribution in [0.3, 0.4) is 0 Å². The fourth-order valence-corrected chi connectivity index (χ4v) is 3.91. The van der Waals surface area contributed by atoms with E-state index in [4.69, 9.17) is 0 Å². The van der Waals surface area contributed by atoms with Crippen LogP contribution in [0.1, 0.15) is 12.8 Å². The highest BCUT2D eigenvalue weighted by atomic mass is 32.2. The Bertz CT molecular complexity index is 300. The molecular weight excluding hydrogens is 207 g/mol. The van der Waals surface area contributed by atoms with E-state index in [0.29, 0.717) is 25.9 Å². The summed E-state index contributed by atoms with van der Waals surface area (Å²) in [5.74, 6) is 0. The monoisotopic (exact) mass is 222 g/mol. The van der Waals surface area contributed by atoms with Crippen molar-refractivity contribution in [1.29, 1.82) is 0 Å². The van der Waals surface area contributed by atoms with E-state index >= 15 is 0 Å². The topological polar surface area (TPSA) is 49.4 Å². The van der Waals surface area contributed by atoms with E-state index in [0.717, 1.165) is 6.54 Å². The van der Waals surface area contributed by atoms with E-state index in [1.54, 1.807) is 0 Å². The Balaban J connectivity index is 2.07. The number of halogens is 1. The van der Waals surface area contributed by atoms with Crippen LogP contribution in [-0.2, 0) is 10.0 Å². The van der Waals surface area contributed by atoms with Crippen molar-refractivity contribution in [3.8, 4) is 0 Å². The highest BCUT2D eigenvalue weighted by Gasteiger charge is 2.38. The molecule has 2 fully saturated rings. The van der Waals surface area contributed by atoms with Gasteiger partial charge in [-0.15, -0.1) is 0 Å². The highest BCUT2D eigenvalue weighted by Crippen LogP contribution is 2.21. The molecule has 2 aliphatic heterocycles. The van der Waals surface area contributed by atoms with Crippen LogP contribution in [0.5, 0.6) is 0 Å². The highest BCUT2D eigenvalue weighted by molar-refractivity contribution is 7.89. The third-order valence-corrected chi connectivity index (χ3v) is 5.19. The van der Waals surface area contributed by atoms with Crippen molar-refractivity contribution < 1.29 is 12.8 Å². The van der Waals surface area contributed by atoms with Crippen molar-refractivity contribution >= 4 is 10.0 Å².